The van der Waals surface area contributed by atoms with E-state index in [1.165, 1.54) is 33.0 Å². The number of nitrogens with one attached hydrogen (secondary N) is 1. The SMILES string of the molecule is CC(C)(C)NCc1c(C2C=Cc3ccccc32)ccc2ccccc12. The van der Waals surface area contributed by atoms with E-state index in [1.807, 2.05) is 0 Å². The molecule has 0 aromatic heterocycles. The van der Waals surface area contributed by atoms with Crippen molar-refractivity contribution in [1.82, 2.24) is 5.32 Å². The van der Waals surface area contributed by atoms with Gasteiger partial charge >= 0.3 is 0 Å². The van der Waals surface area contributed by atoms with Gasteiger partial charge in [0, 0.05) is 18.0 Å². The van der Waals surface area contributed by atoms with Gasteiger partial charge in [-0.1, -0.05) is 72.8 Å². The van der Waals surface area contributed by atoms with Gasteiger partial charge in [0.2, 0.25) is 0 Å². The van der Waals surface area contributed by atoms with Crippen LogP contribution in [0.3, 0.4) is 0 Å². The zero-order valence-corrected chi connectivity index (χ0v) is 15.2. The molecule has 0 amide bonds. The molecule has 0 spiro atoms. The van der Waals surface area contributed by atoms with Gasteiger partial charge in [-0.15, -0.1) is 0 Å². The maximum Gasteiger partial charge on any atom is 0.0282 e. The van der Waals surface area contributed by atoms with Crippen LogP contribution in [0.15, 0.2) is 66.7 Å². The highest BCUT2D eigenvalue weighted by Crippen LogP contribution is 2.38. The second-order valence-electron chi connectivity index (χ2n) is 7.92. The van der Waals surface area contributed by atoms with E-state index in [2.05, 4.69) is 98.9 Å². The predicted octanol–water partition coefficient (Wildman–Crippen LogP) is 5.89. The van der Waals surface area contributed by atoms with Gasteiger partial charge in [-0.3, -0.25) is 0 Å². The lowest BCUT2D eigenvalue weighted by molar-refractivity contribution is 0.424. The monoisotopic (exact) mass is 327 g/mol. The largest absolute Gasteiger partial charge is 0.308 e. The molecule has 1 atom stereocenters. The van der Waals surface area contributed by atoms with Crippen molar-refractivity contribution in [2.24, 2.45) is 0 Å². The highest BCUT2D eigenvalue weighted by atomic mass is 14.9. The Bertz CT molecular complexity index is 944. The van der Waals surface area contributed by atoms with E-state index in [4.69, 9.17) is 0 Å². The van der Waals surface area contributed by atoms with E-state index < -0.39 is 0 Å². The number of fused-ring (bicyclic) bond motifs is 2. The standard InChI is InChI=1S/C24H25N/c1-24(2,3)25-16-23-20-11-7-5-9-18(20)13-15-22(23)21-14-12-17-8-4-6-10-19(17)21/h4-15,21,25H,16H2,1-3H3. The van der Waals surface area contributed by atoms with Crippen LogP contribution in [0.2, 0.25) is 0 Å². The van der Waals surface area contributed by atoms with Crippen LogP contribution >= 0.6 is 0 Å². The topological polar surface area (TPSA) is 12.0 Å². The van der Waals surface area contributed by atoms with Crippen LogP contribution in [0.25, 0.3) is 16.8 Å². The van der Waals surface area contributed by atoms with Crippen LogP contribution in [0, 0.1) is 0 Å². The Balaban J connectivity index is 1.85. The van der Waals surface area contributed by atoms with Crippen molar-refractivity contribution in [2.45, 2.75) is 38.8 Å². The summed E-state index contributed by atoms with van der Waals surface area (Å²) in [6.07, 6.45) is 4.60. The van der Waals surface area contributed by atoms with Crippen LogP contribution in [0.5, 0.6) is 0 Å². The molecule has 0 bridgehead atoms. The van der Waals surface area contributed by atoms with Gasteiger partial charge in [-0.25, -0.2) is 0 Å². The summed E-state index contributed by atoms with van der Waals surface area (Å²) >= 11 is 0. The summed E-state index contributed by atoms with van der Waals surface area (Å²) in [4.78, 5) is 0. The Labute approximate surface area is 150 Å². The number of rotatable bonds is 3. The van der Waals surface area contributed by atoms with Crippen molar-refractivity contribution in [1.29, 1.82) is 0 Å². The van der Waals surface area contributed by atoms with E-state index in [1.54, 1.807) is 0 Å². The minimum atomic E-state index is 0.0949. The predicted molar refractivity (Wildman–Crippen MR) is 108 cm³/mol. The van der Waals surface area contributed by atoms with Crippen LogP contribution in [-0.2, 0) is 6.54 Å². The Kier molecular flexibility index (Phi) is 3.97. The molecule has 0 aliphatic heterocycles. The highest BCUT2D eigenvalue weighted by molar-refractivity contribution is 5.87. The lowest BCUT2D eigenvalue weighted by Crippen LogP contribution is -2.35. The van der Waals surface area contributed by atoms with Crippen molar-refractivity contribution in [3.05, 3.63) is 89.0 Å². The number of allylic oxidation sites excluding steroid dienone is 1. The van der Waals surface area contributed by atoms with E-state index in [9.17, 15) is 0 Å². The van der Waals surface area contributed by atoms with Crippen molar-refractivity contribution >= 4 is 16.8 Å². The lowest BCUT2D eigenvalue weighted by atomic mass is 9.87. The van der Waals surface area contributed by atoms with Crippen LogP contribution in [0.4, 0.5) is 0 Å². The molecule has 1 N–H and O–H groups in total. The molecule has 0 radical (unpaired) electrons. The Hall–Kier alpha value is -2.38. The van der Waals surface area contributed by atoms with Crippen LogP contribution < -0.4 is 5.32 Å². The minimum Gasteiger partial charge on any atom is -0.308 e. The fraction of sp³-hybridized carbons (Fsp3) is 0.250. The highest BCUT2D eigenvalue weighted by Gasteiger charge is 2.22. The molecule has 1 aliphatic rings. The molecule has 25 heavy (non-hydrogen) atoms. The summed E-state index contributed by atoms with van der Waals surface area (Å²) in [6.45, 7) is 7.56. The van der Waals surface area contributed by atoms with Gasteiger partial charge in [0.15, 0.2) is 0 Å². The van der Waals surface area contributed by atoms with Gasteiger partial charge in [0.1, 0.15) is 0 Å². The summed E-state index contributed by atoms with van der Waals surface area (Å²) in [6, 6.07) is 22.0. The number of hydrogen-bond donors (Lipinski definition) is 1. The minimum absolute atomic E-state index is 0.0949. The molecule has 3 aromatic carbocycles. The molecule has 0 saturated heterocycles. The summed E-state index contributed by atoms with van der Waals surface area (Å²) in [5.41, 5.74) is 5.68. The average molecular weight is 327 g/mol. The zero-order chi connectivity index (χ0) is 17.4. The Morgan fingerprint density at radius 1 is 0.840 bits per heavy atom. The van der Waals surface area contributed by atoms with E-state index in [0.29, 0.717) is 5.92 Å². The average Bonchev–Trinajstić information content (AvgIpc) is 3.02. The molecule has 1 unspecified atom stereocenters. The van der Waals surface area contributed by atoms with E-state index >= 15 is 0 Å². The maximum absolute atomic E-state index is 3.69. The van der Waals surface area contributed by atoms with Gasteiger partial charge < -0.3 is 5.32 Å². The van der Waals surface area contributed by atoms with Crippen molar-refractivity contribution in [3.8, 4) is 0 Å². The second kappa shape index (κ2) is 6.16. The van der Waals surface area contributed by atoms with E-state index in [0.717, 1.165) is 6.54 Å². The van der Waals surface area contributed by atoms with Crippen molar-refractivity contribution in [3.63, 3.8) is 0 Å². The normalized spacial score (nSPS) is 16.4. The van der Waals surface area contributed by atoms with Gasteiger partial charge in [0.05, 0.1) is 0 Å². The van der Waals surface area contributed by atoms with E-state index in [-0.39, 0.29) is 5.54 Å². The quantitative estimate of drug-likeness (QED) is 0.633. The number of benzene rings is 3. The molecule has 1 nitrogen and oxygen atoms in total. The molecule has 1 heteroatoms. The summed E-state index contributed by atoms with van der Waals surface area (Å²) < 4.78 is 0. The molecule has 0 fully saturated rings. The molecular formula is C24H25N. The molecular weight excluding hydrogens is 302 g/mol. The molecule has 0 heterocycles. The molecule has 0 saturated carbocycles. The third kappa shape index (κ3) is 3.12. The summed E-state index contributed by atoms with van der Waals surface area (Å²) in [7, 11) is 0. The Morgan fingerprint density at radius 3 is 2.44 bits per heavy atom. The van der Waals surface area contributed by atoms with Gasteiger partial charge in [-0.05, 0) is 53.8 Å². The second-order valence-corrected chi connectivity index (χ2v) is 7.92. The molecule has 1 aliphatic carbocycles. The fourth-order valence-corrected chi connectivity index (χ4v) is 3.72. The third-order valence-corrected chi connectivity index (χ3v) is 5.01. The summed E-state index contributed by atoms with van der Waals surface area (Å²) in [5.74, 6) is 0.345. The first-order valence-corrected chi connectivity index (χ1v) is 9.06. The Morgan fingerprint density at radius 2 is 1.60 bits per heavy atom. The lowest BCUT2D eigenvalue weighted by Gasteiger charge is -2.24. The van der Waals surface area contributed by atoms with Crippen LogP contribution in [0.1, 0.15) is 48.9 Å². The van der Waals surface area contributed by atoms with Crippen molar-refractivity contribution in [2.75, 3.05) is 0 Å². The third-order valence-electron chi connectivity index (χ3n) is 5.01. The van der Waals surface area contributed by atoms with Crippen molar-refractivity contribution < 1.29 is 0 Å². The van der Waals surface area contributed by atoms with Gasteiger partial charge in [0.25, 0.3) is 0 Å². The maximum atomic E-state index is 3.69. The fourth-order valence-electron chi connectivity index (χ4n) is 3.72. The summed E-state index contributed by atoms with van der Waals surface area (Å²) in [5, 5.41) is 6.36. The van der Waals surface area contributed by atoms with Crippen LogP contribution in [-0.4, -0.2) is 5.54 Å². The first-order chi connectivity index (χ1) is 12.0. The first-order valence-electron chi connectivity index (χ1n) is 9.06. The molecule has 4 rings (SSSR count). The van der Waals surface area contributed by atoms with Gasteiger partial charge in [-0.2, -0.15) is 0 Å². The smallest absolute Gasteiger partial charge is 0.0282 e. The number of hydrogen-bond acceptors (Lipinski definition) is 1. The zero-order valence-electron chi connectivity index (χ0n) is 15.2. The first kappa shape index (κ1) is 16.1. The molecule has 126 valence electrons. The molecule has 3 aromatic rings.